The highest BCUT2D eigenvalue weighted by Crippen LogP contribution is 2.28. The number of amides is 1. The summed E-state index contributed by atoms with van der Waals surface area (Å²) in [5.74, 6) is 1.12. The number of nitrogens with zero attached hydrogens (tertiary/aromatic N) is 1. The maximum Gasteiger partial charge on any atom is 0.254 e. The van der Waals surface area contributed by atoms with Gasteiger partial charge in [0.05, 0.1) is 5.56 Å². The molecule has 3 nitrogen and oxygen atoms in total. The van der Waals surface area contributed by atoms with E-state index >= 15 is 0 Å². The lowest BCUT2D eigenvalue weighted by atomic mass is 10.0. The molecule has 2 aliphatic rings. The van der Waals surface area contributed by atoms with E-state index in [0.717, 1.165) is 41.0 Å². The van der Waals surface area contributed by atoms with Crippen LogP contribution >= 0.6 is 22.6 Å². The molecule has 1 aromatic rings. The molecular formula is C16H21IN2O. The predicted octanol–water partition coefficient (Wildman–Crippen LogP) is 2.90. The van der Waals surface area contributed by atoms with Gasteiger partial charge < -0.3 is 10.2 Å². The Hall–Kier alpha value is -0.620. The zero-order chi connectivity index (χ0) is 13.9. The van der Waals surface area contributed by atoms with Crippen LogP contribution in [0, 0.1) is 9.49 Å². The number of rotatable bonds is 4. The van der Waals surface area contributed by atoms with Crippen molar-refractivity contribution in [2.45, 2.75) is 31.7 Å². The molecule has 0 bridgehead atoms. The van der Waals surface area contributed by atoms with Gasteiger partial charge in [-0.25, -0.2) is 0 Å². The van der Waals surface area contributed by atoms with Gasteiger partial charge in [-0.3, -0.25) is 4.79 Å². The van der Waals surface area contributed by atoms with E-state index in [2.05, 4.69) is 27.9 Å². The standard InChI is InChI=1S/C16H21IN2O/c17-15-4-2-1-3-14(15)16(20)19-9-7-13(8-10-19)18-11-12-5-6-12/h1-4,12-13,18H,5-11H2. The Morgan fingerprint density at radius 1 is 1.20 bits per heavy atom. The van der Waals surface area contributed by atoms with Crippen LogP contribution in [-0.4, -0.2) is 36.5 Å². The first-order valence-electron chi connectivity index (χ1n) is 7.51. The zero-order valence-electron chi connectivity index (χ0n) is 11.6. The average molecular weight is 384 g/mol. The summed E-state index contributed by atoms with van der Waals surface area (Å²) in [7, 11) is 0. The van der Waals surface area contributed by atoms with Crippen LogP contribution in [0.5, 0.6) is 0 Å². The summed E-state index contributed by atoms with van der Waals surface area (Å²) >= 11 is 2.24. The second kappa shape index (κ2) is 6.43. The number of likely N-dealkylation sites (tertiary alicyclic amines) is 1. The molecule has 1 saturated carbocycles. The Morgan fingerprint density at radius 3 is 2.55 bits per heavy atom. The maximum atomic E-state index is 12.5. The van der Waals surface area contributed by atoms with Crippen molar-refractivity contribution in [3.05, 3.63) is 33.4 Å². The Kier molecular flexibility index (Phi) is 4.61. The van der Waals surface area contributed by atoms with Crippen molar-refractivity contribution in [3.8, 4) is 0 Å². The molecule has 1 saturated heterocycles. The van der Waals surface area contributed by atoms with Crippen LogP contribution in [-0.2, 0) is 0 Å². The quantitative estimate of drug-likeness (QED) is 0.810. The lowest BCUT2D eigenvalue weighted by Gasteiger charge is -2.32. The van der Waals surface area contributed by atoms with Crippen molar-refractivity contribution >= 4 is 28.5 Å². The number of piperidine rings is 1. The minimum Gasteiger partial charge on any atom is -0.338 e. The van der Waals surface area contributed by atoms with Gasteiger partial charge in [0.2, 0.25) is 0 Å². The molecular weight excluding hydrogens is 363 g/mol. The lowest BCUT2D eigenvalue weighted by Crippen LogP contribution is -2.45. The largest absolute Gasteiger partial charge is 0.338 e. The van der Waals surface area contributed by atoms with E-state index in [1.165, 1.54) is 19.4 Å². The van der Waals surface area contributed by atoms with E-state index in [9.17, 15) is 4.79 Å². The van der Waals surface area contributed by atoms with Gasteiger partial charge in [-0.05, 0) is 72.9 Å². The summed E-state index contributed by atoms with van der Waals surface area (Å²) in [6.45, 7) is 2.94. The molecule has 1 aliphatic heterocycles. The normalized spacial score (nSPS) is 20.1. The van der Waals surface area contributed by atoms with Crippen LogP contribution in [0.1, 0.15) is 36.0 Å². The molecule has 0 aromatic heterocycles. The molecule has 0 radical (unpaired) electrons. The van der Waals surface area contributed by atoms with Crippen LogP contribution in [0.3, 0.4) is 0 Å². The van der Waals surface area contributed by atoms with Crippen LogP contribution < -0.4 is 5.32 Å². The first-order chi connectivity index (χ1) is 9.74. The number of hydrogen-bond donors (Lipinski definition) is 1. The van der Waals surface area contributed by atoms with Gasteiger partial charge in [0, 0.05) is 22.7 Å². The molecule has 0 unspecified atom stereocenters. The van der Waals surface area contributed by atoms with E-state index in [1.54, 1.807) is 0 Å². The predicted molar refractivity (Wildman–Crippen MR) is 88.8 cm³/mol. The number of hydrogen-bond acceptors (Lipinski definition) is 2. The summed E-state index contributed by atoms with van der Waals surface area (Å²) in [5.41, 5.74) is 0.845. The SMILES string of the molecule is O=C(c1ccccc1I)N1CCC(NCC2CC2)CC1. The monoisotopic (exact) mass is 384 g/mol. The molecule has 1 heterocycles. The molecule has 2 fully saturated rings. The molecule has 1 N–H and O–H groups in total. The van der Waals surface area contributed by atoms with Crippen LogP contribution in [0.25, 0.3) is 0 Å². The van der Waals surface area contributed by atoms with Gasteiger partial charge in [-0.1, -0.05) is 12.1 Å². The molecule has 108 valence electrons. The van der Waals surface area contributed by atoms with Gasteiger partial charge in [0.1, 0.15) is 0 Å². The second-order valence-corrected chi connectivity index (χ2v) is 7.06. The van der Waals surface area contributed by atoms with E-state index in [0.29, 0.717) is 6.04 Å². The molecule has 3 rings (SSSR count). The fourth-order valence-corrected chi connectivity index (χ4v) is 3.37. The number of nitrogens with one attached hydrogen (secondary N) is 1. The van der Waals surface area contributed by atoms with Gasteiger partial charge in [0.15, 0.2) is 0 Å². The number of halogens is 1. The van der Waals surface area contributed by atoms with Gasteiger partial charge >= 0.3 is 0 Å². The van der Waals surface area contributed by atoms with E-state index in [4.69, 9.17) is 0 Å². The number of benzene rings is 1. The van der Waals surface area contributed by atoms with Crippen molar-refractivity contribution in [3.63, 3.8) is 0 Å². The summed E-state index contributed by atoms with van der Waals surface area (Å²) < 4.78 is 1.05. The Morgan fingerprint density at radius 2 is 1.90 bits per heavy atom. The van der Waals surface area contributed by atoms with Gasteiger partial charge in [-0.2, -0.15) is 0 Å². The highest BCUT2D eigenvalue weighted by molar-refractivity contribution is 14.1. The Labute approximate surface area is 134 Å². The minimum atomic E-state index is 0.190. The van der Waals surface area contributed by atoms with Crippen molar-refractivity contribution in [2.75, 3.05) is 19.6 Å². The molecule has 1 amide bonds. The topological polar surface area (TPSA) is 32.3 Å². The summed E-state index contributed by atoms with van der Waals surface area (Å²) in [6, 6.07) is 8.46. The van der Waals surface area contributed by atoms with Gasteiger partial charge in [-0.15, -0.1) is 0 Å². The highest BCUT2D eigenvalue weighted by atomic mass is 127. The minimum absolute atomic E-state index is 0.190. The summed E-state index contributed by atoms with van der Waals surface area (Å²) in [4.78, 5) is 14.5. The fraction of sp³-hybridized carbons (Fsp3) is 0.562. The summed E-state index contributed by atoms with van der Waals surface area (Å²) in [6.07, 6.45) is 4.97. The highest BCUT2D eigenvalue weighted by Gasteiger charge is 2.26. The van der Waals surface area contributed by atoms with Crippen molar-refractivity contribution in [1.29, 1.82) is 0 Å². The molecule has 1 aliphatic carbocycles. The van der Waals surface area contributed by atoms with Gasteiger partial charge in [0.25, 0.3) is 5.91 Å². The number of carbonyl (C=O) groups excluding carboxylic acids is 1. The van der Waals surface area contributed by atoms with E-state index in [1.807, 2.05) is 29.2 Å². The smallest absolute Gasteiger partial charge is 0.254 e. The van der Waals surface area contributed by atoms with Crippen molar-refractivity contribution in [1.82, 2.24) is 10.2 Å². The maximum absolute atomic E-state index is 12.5. The summed E-state index contributed by atoms with van der Waals surface area (Å²) in [5, 5.41) is 3.65. The molecule has 1 aromatic carbocycles. The first-order valence-corrected chi connectivity index (χ1v) is 8.59. The molecule has 4 heteroatoms. The average Bonchev–Trinajstić information content (AvgIpc) is 3.30. The van der Waals surface area contributed by atoms with E-state index in [-0.39, 0.29) is 5.91 Å². The first kappa shape index (κ1) is 14.3. The lowest BCUT2D eigenvalue weighted by molar-refractivity contribution is 0.0704. The van der Waals surface area contributed by atoms with Crippen molar-refractivity contribution in [2.24, 2.45) is 5.92 Å². The second-order valence-electron chi connectivity index (χ2n) is 5.90. The van der Waals surface area contributed by atoms with E-state index < -0.39 is 0 Å². The van der Waals surface area contributed by atoms with Crippen LogP contribution in [0.15, 0.2) is 24.3 Å². The Bertz CT molecular complexity index is 479. The molecule has 0 atom stereocenters. The third-order valence-electron chi connectivity index (χ3n) is 4.28. The Balaban J connectivity index is 1.52. The third kappa shape index (κ3) is 3.52. The molecule has 20 heavy (non-hydrogen) atoms. The zero-order valence-corrected chi connectivity index (χ0v) is 13.8. The molecule has 0 spiro atoms. The fourth-order valence-electron chi connectivity index (χ4n) is 2.75. The van der Waals surface area contributed by atoms with Crippen LogP contribution in [0.2, 0.25) is 0 Å². The number of carbonyl (C=O) groups is 1. The van der Waals surface area contributed by atoms with Crippen molar-refractivity contribution < 1.29 is 4.79 Å². The van der Waals surface area contributed by atoms with Crippen LogP contribution in [0.4, 0.5) is 0 Å². The third-order valence-corrected chi connectivity index (χ3v) is 5.22.